The van der Waals surface area contributed by atoms with E-state index in [0.717, 1.165) is 18.9 Å². The van der Waals surface area contributed by atoms with Gasteiger partial charge in [0.15, 0.2) is 0 Å². The van der Waals surface area contributed by atoms with Crippen LogP contribution in [0, 0.1) is 5.92 Å². The molecular weight excluding hydrogens is 210 g/mol. The van der Waals surface area contributed by atoms with Crippen molar-refractivity contribution in [1.29, 1.82) is 0 Å². The Morgan fingerprint density at radius 2 is 2.24 bits per heavy atom. The summed E-state index contributed by atoms with van der Waals surface area (Å²) in [5.41, 5.74) is 2.81. The molecule has 1 aliphatic heterocycles. The second-order valence-corrected chi connectivity index (χ2v) is 6.03. The molecule has 0 spiro atoms. The largest absolute Gasteiger partial charge is 0.487 e. The van der Waals surface area contributed by atoms with Gasteiger partial charge in [-0.2, -0.15) is 0 Å². The minimum atomic E-state index is -0.0220. The third-order valence-corrected chi connectivity index (χ3v) is 3.91. The van der Waals surface area contributed by atoms with E-state index < -0.39 is 0 Å². The van der Waals surface area contributed by atoms with Gasteiger partial charge in [0, 0.05) is 6.42 Å². The molecule has 2 aliphatic rings. The maximum Gasteiger partial charge on any atom is 0.126 e. The number of hydrogen-bond donors (Lipinski definition) is 1. The van der Waals surface area contributed by atoms with Gasteiger partial charge in [-0.25, -0.2) is 0 Å². The fraction of sp³-hybridized carbons (Fsp3) is 0.600. The number of nitrogens with one attached hydrogen (secondary N) is 1. The summed E-state index contributed by atoms with van der Waals surface area (Å²) in [5, 5.41) is 3.27. The van der Waals surface area contributed by atoms with Crippen molar-refractivity contribution >= 4 is 0 Å². The van der Waals surface area contributed by atoms with Crippen LogP contribution in [0.4, 0.5) is 0 Å². The average molecular weight is 231 g/mol. The molecular formula is C15H21NO. The Morgan fingerprint density at radius 3 is 3.00 bits per heavy atom. The summed E-state index contributed by atoms with van der Waals surface area (Å²) in [7, 11) is 2.03. The first-order valence-electron chi connectivity index (χ1n) is 6.56. The number of rotatable bonds is 3. The number of hydrogen-bond acceptors (Lipinski definition) is 2. The molecule has 1 N–H and O–H groups in total. The zero-order valence-electron chi connectivity index (χ0n) is 10.9. The molecule has 2 atom stereocenters. The topological polar surface area (TPSA) is 21.3 Å². The van der Waals surface area contributed by atoms with Crippen LogP contribution in [0.1, 0.15) is 37.3 Å². The third kappa shape index (κ3) is 1.95. The normalized spacial score (nSPS) is 28.6. The minimum Gasteiger partial charge on any atom is -0.487 e. The van der Waals surface area contributed by atoms with E-state index in [1.54, 1.807) is 0 Å². The number of ether oxygens (including phenoxy) is 1. The monoisotopic (exact) mass is 231 g/mol. The Labute approximate surface area is 103 Å². The van der Waals surface area contributed by atoms with Gasteiger partial charge in [-0.15, -0.1) is 0 Å². The zero-order valence-corrected chi connectivity index (χ0v) is 10.9. The Hall–Kier alpha value is -1.02. The van der Waals surface area contributed by atoms with Crippen molar-refractivity contribution in [2.45, 2.75) is 38.2 Å². The van der Waals surface area contributed by atoms with Gasteiger partial charge in [0.05, 0.1) is 0 Å². The predicted octanol–water partition coefficient (Wildman–Crippen LogP) is 2.72. The highest BCUT2D eigenvalue weighted by Gasteiger charge is 2.42. The fourth-order valence-corrected chi connectivity index (χ4v) is 3.05. The van der Waals surface area contributed by atoms with Gasteiger partial charge in [0.1, 0.15) is 11.4 Å². The Kier molecular flexibility index (Phi) is 2.44. The average Bonchev–Trinajstić information content (AvgIpc) is 2.92. The van der Waals surface area contributed by atoms with E-state index in [4.69, 9.17) is 4.74 Å². The van der Waals surface area contributed by atoms with Crippen LogP contribution in [0.15, 0.2) is 18.2 Å². The Bertz CT molecular complexity index is 439. The molecule has 1 aromatic rings. The lowest BCUT2D eigenvalue weighted by Crippen LogP contribution is -2.24. The molecule has 0 amide bonds. The number of fused-ring (bicyclic) bond motifs is 1. The summed E-state index contributed by atoms with van der Waals surface area (Å²) in [6.07, 6.45) is 2.35. The lowest BCUT2D eigenvalue weighted by Gasteiger charge is -2.18. The quantitative estimate of drug-likeness (QED) is 0.863. The molecule has 0 aromatic heterocycles. The van der Waals surface area contributed by atoms with E-state index in [2.05, 4.69) is 37.4 Å². The molecule has 0 radical (unpaired) electrons. The van der Waals surface area contributed by atoms with Crippen LogP contribution in [0.2, 0.25) is 0 Å². The first-order chi connectivity index (χ1) is 8.11. The van der Waals surface area contributed by atoms with Gasteiger partial charge in [0.2, 0.25) is 0 Å². The predicted molar refractivity (Wildman–Crippen MR) is 69.6 cm³/mol. The van der Waals surface area contributed by atoms with Crippen molar-refractivity contribution in [2.24, 2.45) is 5.92 Å². The van der Waals surface area contributed by atoms with E-state index in [0.29, 0.717) is 5.92 Å². The van der Waals surface area contributed by atoms with E-state index >= 15 is 0 Å². The van der Waals surface area contributed by atoms with Crippen LogP contribution in [0.5, 0.6) is 5.75 Å². The van der Waals surface area contributed by atoms with Crippen LogP contribution < -0.4 is 10.1 Å². The summed E-state index contributed by atoms with van der Waals surface area (Å²) in [4.78, 5) is 0. The molecule has 1 fully saturated rings. The van der Waals surface area contributed by atoms with Crippen LogP contribution in [-0.2, 0) is 6.42 Å². The first-order valence-corrected chi connectivity index (χ1v) is 6.56. The Morgan fingerprint density at radius 1 is 1.41 bits per heavy atom. The van der Waals surface area contributed by atoms with E-state index in [1.807, 2.05) is 7.05 Å². The molecule has 2 heteroatoms. The van der Waals surface area contributed by atoms with Crippen molar-refractivity contribution < 1.29 is 4.74 Å². The highest BCUT2D eigenvalue weighted by atomic mass is 16.5. The summed E-state index contributed by atoms with van der Waals surface area (Å²) >= 11 is 0. The van der Waals surface area contributed by atoms with Gasteiger partial charge in [0.25, 0.3) is 0 Å². The van der Waals surface area contributed by atoms with Crippen molar-refractivity contribution in [1.82, 2.24) is 5.32 Å². The van der Waals surface area contributed by atoms with Gasteiger partial charge in [-0.1, -0.05) is 18.2 Å². The second kappa shape index (κ2) is 3.74. The summed E-state index contributed by atoms with van der Waals surface area (Å²) < 4.78 is 6.13. The second-order valence-electron chi connectivity index (χ2n) is 6.03. The first kappa shape index (κ1) is 11.1. The van der Waals surface area contributed by atoms with Crippen molar-refractivity contribution in [3.05, 3.63) is 29.3 Å². The maximum atomic E-state index is 6.13. The summed E-state index contributed by atoms with van der Waals surface area (Å²) in [6.45, 7) is 5.47. The highest BCUT2D eigenvalue weighted by molar-refractivity contribution is 5.49. The molecule has 92 valence electrons. The molecule has 1 aromatic carbocycles. The molecule has 1 aliphatic carbocycles. The van der Waals surface area contributed by atoms with E-state index in [-0.39, 0.29) is 5.60 Å². The molecule has 1 saturated carbocycles. The number of benzene rings is 1. The van der Waals surface area contributed by atoms with Crippen LogP contribution in [0.25, 0.3) is 0 Å². The summed E-state index contributed by atoms with van der Waals surface area (Å²) in [5.74, 6) is 2.70. The Balaban J connectivity index is 1.87. The van der Waals surface area contributed by atoms with Crippen molar-refractivity contribution in [2.75, 3.05) is 13.6 Å². The minimum absolute atomic E-state index is 0.0220. The standard InChI is InChI=1S/C15H21NO/c1-15(2)8-10-5-4-6-12(14(10)17-15)13-7-11(13)9-16-3/h4-6,11,13,16H,7-9H2,1-3H3. The van der Waals surface area contributed by atoms with E-state index in [1.165, 1.54) is 23.3 Å². The van der Waals surface area contributed by atoms with E-state index in [9.17, 15) is 0 Å². The molecule has 3 rings (SSSR count). The van der Waals surface area contributed by atoms with Gasteiger partial charge in [-0.05, 0) is 56.8 Å². The lowest BCUT2D eigenvalue weighted by atomic mass is 9.99. The zero-order chi connectivity index (χ0) is 12.0. The highest BCUT2D eigenvalue weighted by Crippen LogP contribution is 2.52. The van der Waals surface area contributed by atoms with Crippen LogP contribution in [0.3, 0.4) is 0 Å². The smallest absolute Gasteiger partial charge is 0.126 e. The van der Waals surface area contributed by atoms with Gasteiger partial charge in [-0.3, -0.25) is 0 Å². The number of para-hydroxylation sites is 1. The molecule has 2 nitrogen and oxygen atoms in total. The van der Waals surface area contributed by atoms with Crippen LogP contribution in [-0.4, -0.2) is 19.2 Å². The molecule has 17 heavy (non-hydrogen) atoms. The lowest BCUT2D eigenvalue weighted by molar-refractivity contribution is 0.137. The van der Waals surface area contributed by atoms with Crippen molar-refractivity contribution in [3.63, 3.8) is 0 Å². The molecule has 0 saturated heterocycles. The third-order valence-electron chi connectivity index (χ3n) is 3.91. The fourth-order valence-electron chi connectivity index (χ4n) is 3.05. The summed E-state index contributed by atoms with van der Waals surface area (Å²) in [6, 6.07) is 6.65. The van der Waals surface area contributed by atoms with Crippen LogP contribution >= 0.6 is 0 Å². The maximum absolute atomic E-state index is 6.13. The SMILES string of the molecule is CNCC1CC1c1cccc2c1OC(C)(C)C2. The molecule has 0 bridgehead atoms. The molecule has 2 unspecified atom stereocenters. The molecule has 1 heterocycles. The van der Waals surface area contributed by atoms with Crippen molar-refractivity contribution in [3.8, 4) is 5.75 Å². The van der Waals surface area contributed by atoms with Gasteiger partial charge >= 0.3 is 0 Å². The van der Waals surface area contributed by atoms with Gasteiger partial charge < -0.3 is 10.1 Å².